The Morgan fingerprint density at radius 2 is 2.03 bits per heavy atom. The number of carbonyl (C=O) groups excluding carboxylic acids is 2. The molecule has 6 heteroatoms. The van der Waals surface area contributed by atoms with Crippen LogP contribution in [0.2, 0.25) is 5.02 Å². The lowest BCUT2D eigenvalue weighted by Crippen LogP contribution is -2.36. The smallest absolute Gasteiger partial charge is 0.281 e. The van der Waals surface area contributed by atoms with Crippen molar-refractivity contribution in [2.45, 2.75) is 32.6 Å². The maximum atomic E-state index is 13.5. The van der Waals surface area contributed by atoms with Crippen molar-refractivity contribution in [2.75, 3.05) is 21.7 Å². The lowest BCUT2D eigenvalue weighted by Gasteiger charge is -2.35. The molecule has 0 saturated heterocycles. The molecule has 0 fully saturated rings. The monoisotopic (exact) mass is 455 g/mol. The van der Waals surface area contributed by atoms with E-state index in [1.54, 1.807) is 4.90 Å². The van der Waals surface area contributed by atoms with Crippen LogP contribution in [0.4, 0.5) is 17.1 Å². The molecule has 0 saturated carbocycles. The van der Waals surface area contributed by atoms with E-state index >= 15 is 0 Å². The molecule has 33 heavy (non-hydrogen) atoms. The van der Waals surface area contributed by atoms with Gasteiger partial charge in [0.1, 0.15) is 0 Å². The van der Waals surface area contributed by atoms with Crippen molar-refractivity contribution in [3.63, 3.8) is 0 Å². The Balaban J connectivity index is 1.38. The van der Waals surface area contributed by atoms with Crippen molar-refractivity contribution in [3.05, 3.63) is 87.1 Å². The number of fused-ring (bicyclic) bond motifs is 4. The van der Waals surface area contributed by atoms with Gasteiger partial charge in [0.25, 0.3) is 11.8 Å². The predicted octanol–water partition coefficient (Wildman–Crippen LogP) is 5.50. The van der Waals surface area contributed by atoms with Gasteiger partial charge in [0.05, 0.1) is 17.1 Å². The molecule has 6 rings (SSSR count). The van der Waals surface area contributed by atoms with Crippen LogP contribution in [0.5, 0.6) is 0 Å². The zero-order valence-corrected chi connectivity index (χ0v) is 19.0. The van der Waals surface area contributed by atoms with Gasteiger partial charge in [-0.25, -0.2) is 0 Å². The van der Waals surface area contributed by atoms with Crippen LogP contribution in [0.15, 0.2) is 65.3 Å². The van der Waals surface area contributed by atoms with Crippen LogP contribution >= 0.6 is 11.6 Å². The fourth-order valence-corrected chi connectivity index (χ4v) is 5.40. The second-order valence-corrected chi connectivity index (χ2v) is 9.36. The first-order chi connectivity index (χ1) is 16.0. The van der Waals surface area contributed by atoms with Gasteiger partial charge in [-0.15, -0.1) is 0 Å². The molecular formula is C27H22ClN3O2. The molecule has 1 N–H and O–H groups in total. The number of aryl methyl sites for hydroxylation is 1. The molecule has 164 valence electrons. The average Bonchev–Trinajstić information content (AvgIpc) is 3.44. The largest absolute Gasteiger partial charge is 0.318 e. The first-order valence-electron chi connectivity index (χ1n) is 11.3. The van der Waals surface area contributed by atoms with Crippen LogP contribution in [0.3, 0.4) is 0 Å². The number of hydrogen-bond acceptors (Lipinski definition) is 3. The number of nitrogens with zero attached hydrogens (tertiary/aromatic N) is 2. The highest BCUT2D eigenvalue weighted by atomic mass is 35.5. The summed E-state index contributed by atoms with van der Waals surface area (Å²) in [6, 6.07) is 9.45. The standard InChI is InChI=1S/C27H22ClN3O2/c1-16-13-25-21(15-20(16)27(33)30-12-11-18-14-19(28)7-8-22(18)30)29-26(32)24-10-9-23(31(24)25)17-5-3-2-4-6-17/h2-3,7-8,13-15,17H,4-6,11-12H2,1H3,(H,29,32). The number of amides is 2. The predicted molar refractivity (Wildman–Crippen MR) is 130 cm³/mol. The Labute approximate surface area is 197 Å². The molecule has 2 amide bonds. The number of allylic oxidation sites excluding steroid dienone is 3. The van der Waals surface area contributed by atoms with Crippen LogP contribution in [-0.4, -0.2) is 18.4 Å². The summed E-state index contributed by atoms with van der Waals surface area (Å²) in [6.07, 6.45) is 8.15. The van der Waals surface area contributed by atoms with E-state index in [4.69, 9.17) is 11.6 Å². The van der Waals surface area contributed by atoms with Gasteiger partial charge in [-0.1, -0.05) is 23.8 Å². The van der Waals surface area contributed by atoms with E-state index < -0.39 is 0 Å². The van der Waals surface area contributed by atoms with Crippen LogP contribution in [0.25, 0.3) is 0 Å². The number of halogens is 1. The highest BCUT2D eigenvalue weighted by Crippen LogP contribution is 2.43. The second kappa shape index (κ2) is 7.54. The fourth-order valence-electron chi connectivity index (χ4n) is 5.21. The number of carbonyl (C=O) groups is 2. The summed E-state index contributed by atoms with van der Waals surface area (Å²) in [7, 11) is 0. The lowest BCUT2D eigenvalue weighted by atomic mass is 9.90. The summed E-state index contributed by atoms with van der Waals surface area (Å²) >= 11 is 6.13. The molecule has 2 aromatic carbocycles. The van der Waals surface area contributed by atoms with E-state index in [-0.39, 0.29) is 11.8 Å². The van der Waals surface area contributed by atoms with Crippen molar-refractivity contribution in [1.82, 2.24) is 0 Å². The third kappa shape index (κ3) is 3.17. The van der Waals surface area contributed by atoms with Gasteiger partial charge in [-0.2, -0.15) is 0 Å². The summed E-state index contributed by atoms with van der Waals surface area (Å²) in [4.78, 5) is 30.2. The molecular weight excluding hydrogens is 434 g/mol. The SMILES string of the molecule is Cc1cc2c(cc1C(=O)N1CCc3cc(Cl)ccc31)NC(=O)C1=C=C=C(C3CC=CCC3)N12. The van der Waals surface area contributed by atoms with E-state index in [1.807, 2.05) is 42.2 Å². The molecule has 1 aliphatic carbocycles. The Bertz CT molecular complexity index is 1380. The van der Waals surface area contributed by atoms with Gasteiger partial charge in [-0.3, -0.25) is 14.5 Å². The van der Waals surface area contributed by atoms with Gasteiger partial charge in [0, 0.05) is 28.7 Å². The van der Waals surface area contributed by atoms with E-state index in [9.17, 15) is 9.59 Å². The minimum Gasteiger partial charge on any atom is -0.318 e. The van der Waals surface area contributed by atoms with E-state index in [0.717, 1.165) is 53.9 Å². The second-order valence-electron chi connectivity index (χ2n) is 8.92. The van der Waals surface area contributed by atoms with E-state index in [2.05, 4.69) is 28.9 Å². The molecule has 0 bridgehead atoms. The maximum absolute atomic E-state index is 13.5. The number of nitrogens with one attached hydrogen (secondary N) is 1. The zero-order chi connectivity index (χ0) is 22.7. The fraction of sp³-hybridized carbons (Fsp3) is 0.259. The van der Waals surface area contributed by atoms with E-state index in [1.165, 1.54) is 0 Å². The minimum absolute atomic E-state index is 0.0697. The minimum atomic E-state index is -0.222. The molecule has 0 radical (unpaired) electrons. The molecule has 0 aromatic heterocycles. The molecule has 1 unspecified atom stereocenters. The number of rotatable bonds is 2. The third-order valence-electron chi connectivity index (χ3n) is 6.89. The Morgan fingerprint density at radius 1 is 1.15 bits per heavy atom. The van der Waals surface area contributed by atoms with Crippen molar-refractivity contribution in [1.29, 1.82) is 0 Å². The summed E-state index contributed by atoms with van der Waals surface area (Å²) in [5.41, 5.74) is 12.7. The number of hydrogen-bond donors (Lipinski definition) is 1. The Morgan fingerprint density at radius 3 is 2.85 bits per heavy atom. The van der Waals surface area contributed by atoms with Crippen LogP contribution < -0.4 is 15.1 Å². The maximum Gasteiger partial charge on any atom is 0.281 e. The molecule has 2 aromatic rings. The Hall–Kier alpha value is -3.49. The lowest BCUT2D eigenvalue weighted by molar-refractivity contribution is -0.113. The van der Waals surface area contributed by atoms with Gasteiger partial charge in [0.2, 0.25) is 0 Å². The highest BCUT2D eigenvalue weighted by molar-refractivity contribution is 6.30. The van der Waals surface area contributed by atoms with Gasteiger partial charge < -0.3 is 10.2 Å². The quantitative estimate of drug-likeness (QED) is 0.480. The Kier molecular flexibility index (Phi) is 4.60. The zero-order valence-electron chi connectivity index (χ0n) is 18.2. The number of benzene rings is 2. The summed E-state index contributed by atoms with van der Waals surface area (Å²) < 4.78 is 0. The van der Waals surface area contributed by atoms with Crippen molar-refractivity contribution in [3.8, 4) is 0 Å². The molecule has 0 spiro atoms. The molecule has 1 atom stereocenters. The topological polar surface area (TPSA) is 52.7 Å². The first kappa shape index (κ1) is 20.1. The van der Waals surface area contributed by atoms with Gasteiger partial charge in [0.15, 0.2) is 5.70 Å². The van der Waals surface area contributed by atoms with Crippen molar-refractivity contribution >= 4 is 40.5 Å². The van der Waals surface area contributed by atoms with Crippen LogP contribution in [0, 0.1) is 12.8 Å². The molecule has 3 heterocycles. The normalized spacial score (nSPS) is 20.2. The molecule has 3 aliphatic heterocycles. The van der Waals surface area contributed by atoms with Crippen molar-refractivity contribution in [2.24, 2.45) is 5.92 Å². The van der Waals surface area contributed by atoms with E-state index in [0.29, 0.717) is 34.4 Å². The van der Waals surface area contributed by atoms with Gasteiger partial charge in [-0.05, 0) is 85.5 Å². The summed E-state index contributed by atoms with van der Waals surface area (Å²) in [5, 5.41) is 3.64. The highest BCUT2D eigenvalue weighted by Gasteiger charge is 2.37. The molecule has 4 aliphatic rings. The third-order valence-corrected chi connectivity index (χ3v) is 7.12. The number of anilines is 3. The van der Waals surface area contributed by atoms with Crippen LogP contribution in [0.1, 0.15) is 40.7 Å². The first-order valence-corrected chi connectivity index (χ1v) is 11.7. The summed E-state index contributed by atoms with van der Waals surface area (Å²) in [6.45, 7) is 2.56. The average molecular weight is 456 g/mol. The molecule has 5 nitrogen and oxygen atoms in total. The van der Waals surface area contributed by atoms with Crippen molar-refractivity contribution < 1.29 is 9.59 Å². The van der Waals surface area contributed by atoms with Crippen LogP contribution in [-0.2, 0) is 11.2 Å². The summed E-state index contributed by atoms with van der Waals surface area (Å²) in [5.74, 6) is 0.00717. The van der Waals surface area contributed by atoms with Gasteiger partial charge >= 0.3 is 0 Å².